The van der Waals surface area contributed by atoms with Crippen molar-refractivity contribution in [3.63, 3.8) is 0 Å². The number of nitro benzene ring substituents is 1. The van der Waals surface area contributed by atoms with Gasteiger partial charge in [0.25, 0.3) is 5.69 Å². The van der Waals surface area contributed by atoms with E-state index in [4.69, 9.17) is 0 Å². The molecular formula is C20H25N3O5. The first-order valence-electron chi connectivity index (χ1n) is 10.0. The van der Waals surface area contributed by atoms with Gasteiger partial charge in [0.1, 0.15) is 5.69 Å². The van der Waals surface area contributed by atoms with Gasteiger partial charge < -0.3 is 10.0 Å². The summed E-state index contributed by atoms with van der Waals surface area (Å²) in [5.41, 5.74) is 0.658. The number of hydrogen-bond acceptors (Lipinski definition) is 6. The lowest BCUT2D eigenvalue weighted by Gasteiger charge is -2.33. The molecule has 28 heavy (non-hydrogen) atoms. The Morgan fingerprint density at radius 3 is 2.36 bits per heavy atom. The second-order valence-corrected chi connectivity index (χ2v) is 8.08. The number of amides is 2. The zero-order chi connectivity index (χ0) is 19.8. The van der Waals surface area contributed by atoms with Crippen molar-refractivity contribution in [1.82, 2.24) is 0 Å². The molecular weight excluding hydrogens is 362 g/mol. The van der Waals surface area contributed by atoms with Gasteiger partial charge in [-0.3, -0.25) is 19.7 Å². The molecule has 2 heterocycles. The van der Waals surface area contributed by atoms with Crippen LogP contribution < -0.4 is 9.80 Å². The number of piperidine rings is 1. The molecule has 2 amide bonds. The molecule has 0 aromatic heterocycles. The number of anilines is 2. The normalized spacial score (nSPS) is 27.8. The van der Waals surface area contributed by atoms with Crippen molar-refractivity contribution in [3.8, 4) is 0 Å². The minimum Gasteiger partial charge on any atom is -0.396 e. The van der Waals surface area contributed by atoms with E-state index in [1.165, 1.54) is 6.07 Å². The van der Waals surface area contributed by atoms with Crippen molar-refractivity contribution < 1.29 is 19.6 Å². The molecule has 1 saturated carbocycles. The summed E-state index contributed by atoms with van der Waals surface area (Å²) in [5.74, 6) is -0.928. The maximum absolute atomic E-state index is 12.8. The minimum atomic E-state index is -0.459. The van der Waals surface area contributed by atoms with E-state index in [0.717, 1.165) is 30.6 Å². The van der Waals surface area contributed by atoms with Crippen LogP contribution in [-0.2, 0) is 9.59 Å². The Morgan fingerprint density at radius 2 is 1.75 bits per heavy atom. The van der Waals surface area contributed by atoms with Crippen LogP contribution in [0.3, 0.4) is 0 Å². The standard InChI is InChI=1S/C20H25N3O5/c24-12-13-4-3-9-21(11-13)17-8-7-14(10-18(17)23(27)28)22-19(25)15-5-1-2-6-16(15)20(22)26/h7-8,10,13,15-16,24H,1-6,9,11-12H2/t13-,15+,16+/m0/s1. The molecule has 0 bridgehead atoms. The third-order valence-corrected chi connectivity index (χ3v) is 6.37. The predicted molar refractivity (Wildman–Crippen MR) is 103 cm³/mol. The van der Waals surface area contributed by atoms with Gasteiger partial charge in [-0.15, -0.1) is 0 Å². The smallest absolute Gasteiger partial charge is 0.294 e. The number of hydrogen-bond donors (Lipinski definition) is 1. The van der Waals surface area contributed by atoms with Gasteiger partial charge in [0, 0.05) is 25.8 Å². The number of benzene rings is 1. The Bertz CT molecular complexity index is 787. The lowest BCUT2D eigenvalue weighted by atomic mass is 9.81. The van der Waals surface area contributed by atoms with Crippen LogP contribution >= 0.6 is 0 Å². The molecule has 1 N–H and O–H groups in total. The highest BCUT2D eigenvalue weighted by Gasteiger charge is 2.49. The van der Waals surface area contributed by atoms with Crippen LogP contribution in [0.25, 0.3) is 0 Å². The molecule has 2 aliphatic heterocycles. The molecule has 150 valence electrons. The summed E-state index contributed by atoms with van der Waals surface area (Å²) >= 11 is 0. The summed E-state index contributed by atoms with van der Waals surface area (Å²) in [6.45, 7) is 1.30. The van der Waals surface area contributed by atoms with E-state index in [-0.39, 0.29) is 47.5 Å². The highest BCUT2D eigenvalue weighted by molar-refractivity contribution is 6.22. The van der Waals surface area contributed by atoms with E-state index in [1.807, 2.05) is 4.90 Å². The van der Waals surface area contributed by atoms with Crippen LogP contribution in [0, 0.1) is 27.9 Å². The van der Waals surface area contributed by atoms with E-state index in [1.54, 1.807) is 12.1 Å². The molecule has 4 rings (SSSR count). The van der Waals surface area contributed by atoms with E-state index in [0.29, 0.717) is 31.6 Å². The molecule has 3 aliphatic rings. The number of carbonyl (C=O) groups excluding carboxylic acids is 2. The molecule has 8 nitrogen and oxygen atoms in total. The Morgan fingerprint density at radius 1 is 1.07 bits per heavy atom. The fourth-order valence-corrected chi connectivity index (χ4v) is 4.91. The molecule has 3 fully saturated rings. The van der Waals surface area contributed by atoms with Gasteiger partial charge in [-0.1, -0.05) is 12.8 Å². The van der Waals surface area contributed by atoms with Gasteiger partial charge in [0.05, 0.1) is 22.4 Å². The lowest BCUT2D eigenvalue weighted by Crippen LogP contribution is -2.37. The van der Waals surface area contributed by atoms with Gasteiger partial charge in [-0.25, -0.2) is 4.90 Å². The highest BCUT2D eigenvalue weighted by atomic mass is 16.6. The quantitative estimate of drug-likeness (QED) is 0.484. The molecule has 1 aromatic rings. The second-order valence-electron chi connectivity index (χ2n) is 8.08. The number of nitro groups is 1. The number of nitrogens with zero attached hydrogens (tertiary/aromatic N) is 3. The van der Waals surface area contributed by atoms with Gasteiger partial charge in [-0.2, -0.15) is 0 Å². The van der Waals surface area contributed by atoms with Crippen molar-refractivity contribution in [2.45, 2.75) is 38.5 Å². The van der Waals surface area contributed by atoms with Gasteiger partial charge in [-0.05, 0) is 43.7 Å². The number of imide groups is 1. The van der Waals surface area contributed by atoms with Gasteiger partial charge >= 0.3 is 0 Å². The molecule has 1 aromatic carbocycles. The Balaban J connectivity index is 1.66. The Kier molecular flexibility index (Phi) is 5.05. The molecule has 1 aliphatic carbocycles. The first-order valence-corrected chi connectivity index (χ1v) is 10.0. The van der Waals surface area contributed by atoms with Crippen molar-refractivity contribution in [2.75, 3.05) is 29.5 Å². The van der Waals surface area contributed by atoms with Crippen LogP contribution in [-0.4, -0.2) is 41.5 Å². The number of rotatable bonds is 4. The summed E-state index contributed by atoms with van der Waals surface area (Å²) in [7, 11) is 0. The van der Waals surface area contributed by atoms with Gasteiger partial charge in [0.15, 0.2) is 0 Å². The SMILES string of the molecule is O=C1[C@@H]2CCCC[C@H]2C(=O)N1c1ccc(N2CCC[C@H](CO)C2)c([N+](=O)[O-])c1. The van der Waals surface area contributed by atoms with Crippen LogP contribution in [0.15, 0.2) is 18.2 Å². The summed E-state index contributed by atoms with van der Waals surface area (Å²) < 4.78 is 0. The fourth-order valence-electron chi connectivity index (χ4n) is 4.91. The second kappa shape index (κ2) is 7.50. The van der Waals surface area contributed by atoms with Crippen molar-refractivity contribution in [1.29, 1.82) is 0 Å². The Labute approximate surface area is 163 Å². The number of carbonyl (C=O) groups is 2. The van der Waals surface area contributed by atoms with Crippen molar-refractivity contribution >= 4 is 28.9 Å². The maximum atomic E-state index is 12.8. The van der Waals surface area contributed by atoms with Crippen LogP contribution in [0.1, 0.15) is 38.5 Å². The van der Waals surface area contributed by atoms with E-state index in [9.17, 15) is 24.8 Å². The maximum Gasteiger partial charge on any atom is 0.294 e. The third-order valence-electron chi connectivity index (χ3n) is 6.37. The highest BCUT2D eigenvalue weighted by Crippen LogP contribution is 2.42. The first-order chi connectivity index (χ1) is 13.5. The van der Waals surface area contributed by atoms with Crippen LogP contribution in [0.2, 0.25) is 0 Å². The van der Waals surface area contributed by atoms with E-state index >= 15 is 0 Å². The summed E-state index contributed by atoms with van der Waals surface area (Å²) in [6, 6.07) is 4.62. The molecule has 0 unspecified atom stereocenters. The number of aliphatic hydroxyl groups excluding tert-OH is 1. The van der Waals surface area contributed by atoms with Gasteiger partial charge in [0.2, 0.25) is 11.8 Å². The van der Waals surface area contributed by atoms with Crippen molar-refractivity contribution in [3.05, 3.63) is 28.3 Å². The number of fused-ring (bicyclic) bond motifs is 1. The number of aliphatic hydroxyl groups is 1. The predicted octanol–water partition coefficient (Wildman–Crippen LogP) is 2.48. The fraction of sp³-hybridized carbons (Fsp3) is 0.600. The van der Waals surface area contributed by atoms with Crippen LogP contribution in [0.4, 0.5) is 17.1 Å². The molecule has 3 atom stereocenters. The summed E-state index contributed by atoms with van der Waals surface area (Å²) in [5, 5.41) is 21.2. The lowest BCUT2D eigenvalue weighted by molar-refractivity contribution is -0.384. The minimum absolute atomic E-state index is 0.0575. The summed E-state index contributed by atoms with van der Waals surface area (Å²) in [6.07, 6.45) is 5.06. The topological polar surface area (TPSA) is 104 Å². The van der Waals surface area contributed by atoms with E-state index < -0.39 is 4.92 Å². The summed E-state index contributed by atoms with van der Waals surface area (Å²) in [4.78, 5) is 39.9. The average Bonchev–Trinajstić information content (AvgIpc) is 2.98. The van der Waals surface area contributed by atoms with Crippen LogP contribution in [0.5, 0.6) is 0 Å². The average molecular weight is 387 g/mol. The monoisotopic (exact) mass is 387 g/mol. The first kappa shape index (κ1) is 18.9. The molecule has 2 saturated heterocycles. The molecule has 0 radical (unpaired) electrons. The zero-order valence-corrected chi connectivity index (χ0v) is 15.7. The molecule has 8 heteroatoms. The Hall–Kier alpha value is -2.48. The largest absolute Gasteiger partial charge is 0.396 e. The third kappa shape index (κ3) is 3.15. The van der Waals surface area contributed by atoms with Crippen molar-refractivity contribution in [2.24, 2.45) is 17.8 Å². The van der Waals surface area contributed by atoms with E-state index in [2.05, 4.69) is 0 Å². The zero-order valence-electron chi connectivity index (χ0n) is 15.7. The molecule has 0 spiro atoms.